The third-order valence-corrected chi connectivity index (χ3v) is 3.38. The van der Waals surface area contributed by atoms with Gasteiger partial charge in [-0.25, -0.2) is 4.79 Å². The minimum atomic E-state index is -0.525. The summed E-state index contributed by atoms with van der Waals surface area (Å²) in [6, 6.07) is 10.2. The van der Waals surface area contributed by atoms with Gasteiger partial charge in [0.25, 0.3) is 5.91 Å². The molecule has 2 N–H and O–H groups in total. The van der Waals surface area contributed by atoms with Crippen LogP contribution in [0.5, 0.6) is 0 Å². The SMILES string of the molecule is O=C(CCn1c(=O)oc2ccccc21)NNC(=O)c1cccnc1. The average molecular weight is 326 g/mol. The predicted molar refractivity (Wildman–Crippen MR) is 84.9 cm³/mol. The fourth-order valence-electron chi connectivity index (χ4n) is 2.20. The number of benzene rings is 1. The number of hydrazine groups is 1. The minimum Gasteiger partial charge on any atom is -0.408 e. The highest BCUT2D eigenvalue weighted by atomic mass is 16.4. The van der Waals surface area contributed by atoms with Gasteiger partial charge in [-0.05, 0) is 24.3 Å². The maximum absolute atomic E-state index is 11.8. The Bertz CT molecular complexity index is 930. The zero-order valence-corrected chi connectivity index (χ0v) is 12.6. The molecule has 3 aromatic rings. The second-order valence-electron chi connectivity index (χ2n) is 4.98. The van der Waals surface area contributed by atoms with Gasteiger partial charge in [0, 0.05) is 25.4 Å². The van der Waals surface area contributed by atoms with E-state index in [9.17, 15) is 14.4 Å². The summed E-state index contributed by atoms with van der Waals surface area (Å²) in [5.74, 6) is -1.42. The number of carbonyl (C=O) groups is 2. The molecule has 0 unspecified atom stereocenters. The Morgan fingerprint density at radius 3 is 2.75 bits per heavy atom. The summed E-state index contributed by atoms with van der Waals surface area (Å²) < 4.78 is 6.46. The van der Waals surface area contributed by atoms with Gasteiger partial charge in [0.05, 0.1) is 11.1 Å². The lowest BCUT2D eigenvalue weighted by Crippen LogP contribution is -2.42. The highest BCUT2D eigenvalue weighted by molar-refractivity contribution is 5.95. The highest BCUT2D eigenvalue weighted by Gasteiger charge is 2.11. The second-order valence-corrected chi connectivity index (χ2v) is 4.98. The number of para-hydroxylation sites is 2. The number of fused-ring (bicyclic) bond motifs is 1. The van der Waals surface area contributed by atoms with Gasteiger partial charge in [-0.3, -0.25) is 30.0 Å². The number of nitrogens with zero attached hydrogens (tertiary/aromatic N) is 2. The predicted octanol–water partition coefficient (Wildman–Crippen LogP) is 0.841. The molecule has 0 aliphatic carbocycles. The molecule has 0 bridgehead atoms. The quantitative estimate of drug-likeness (QED) is 0.691. The fraction of sp³-hybridized carbons (Fsp3) is 0.125. The number of nitrogens with one attached hydrogen (secondary N) is 2. The van der Waals surface area contributed by atoms with Crippen LogP contribution in [0.15, 0.2) is 58.0 Å². The summed E-state index contributed by atoms with van der Waals surface area (Å²) in [6.07, 6.45) is 2.94. The maximum Gasteiger partial charge on any atom is 0.419 e. The largest absolute Gasteiger partial charge is 0.419 e. The van der Waals surface area contributed by atoms with E-state index in [-0.39, 0.29) is 13.0 Å². The number of oxazole rings is 1. The summed E-state index contributed by atoms with van der Waals surface area (Å²) >= 11 is 0. The van der Waals surface area contributed by atoms with Crippen LogP contribution in [-0.4, -0.2) is 21.4 Å². The molecule has 0 aliphatic rings. The van der Waals surface area contributed by atoms with Crippen molar-refractivity contribution in [2.24, 2.45) is 0 Å². The number of hydrogen-bond acceptors (Lipinski definition) is 5. The Labute approximate surface area is 136 Å². The molecule has 8 heteroatoms. The van der Waals surface area contributed by atoms with Gasteiger partial charge >= 0.3 is 5.76 Å². The van der Waals surface area contributed by atoms with Gasteiger partial charge < -0.3 is 4.42 Å². The highest BCUT2D eigenvalue weighted by Crippen LogP contribution is 2.11. The Morgan fingerprint density at radius 1 is 1.12 bits per heavy atom. The van der Waals surface area contributed by atoms with Gasteiger partial charge in [-0.1, -0.05) is 12.1 Å². The zero-order chi connectivity index (χ0) is 16.9. The molecule has 2 heterocycles. The van der Waals surface area contributed by atoms with Crippen molar-refractivity contribution >= 4 is 22.9 Å². The lowest BCUT2D eigenvalue weighted by atomic mass is 10.3. The van der Waals surface area contributed by atoms with Crippen LogP contribution in [0.25, 0.3) is 11.1 Å². The lowest BCUT2D eigenvalue weighted by Gasteiger charge is -2.07. The van der Waals surface area contributed by atoms with Crippen LogP contribution in [0.1, 0.15) is 16.8 Å². The molecule has 0 saturated carbocycles. The van der Waals surface area contributed by atoms with Crippen molar-refractivity contribution in [2.45, 2.75) is 13.0 Å². The molecule has 0 saturated heterocycles. The minimum absolute atomic E-state index is 0.0107. The monoisotopic (exact) mass is 326 g/mol. The first-order chi connectivity index (χ1) is 11.6. The molecule has 8 nitrogen and oxygen atoms in total. The summed E-state index contributed by atoms with van der Waals surface area (Å²) in [4.78, 5) is 39.2. The van der Waals surface area contributed by atoms with Crippen LogP contribution < -0.4 is 16.6 Å². The third kappa shape index (κ3) is 3.32. The Kier molecular flexibility index (Phi) is 4.37. The van der Waals surface area contributed by atoms with Crippen LogP contribution in [-0.2, 0) is 11.3 Å². The van der Waals surface area contributed by atoms with Gasteiger partial charge in [0.15, 0.2) is 5.58 Å². The van der Waals surface area contributed by atoms with Gasteiger partial charge in [-0.15, -0.1) is 0 Å². The van der Waals surface area contributed by atoms with Crippen LogP contribution in [0.4, 0.5) is 0 Å². The van der Waals surface area contributed by atoms with E-state index in [1.165, 1.54) is 10.8 Å². The van der Waals surface area contributed by atoms with E-state index >= 15 is 0 Å². The molecule has 2 amide bonds. The average Bonchev–Trinajstić information content (AvgIpc) is 2.93. The molecule has 0 radical (unpaired) electrons. The molecule has 0 aliphatic heterocycles. The number of pyridine rings is 1. The maximum atomic E-state index is 11.8. The van der Waals surface area contributed by atoms with Gasteiger partial charge in [-0.2, -0.15) is 0 Å². The standard InChI is InChI=1S/C16H14N4O4/c21-14(18-19-15(22)11-4-3-8-17-10-11)7-9-20-12-5-1-2-6-13(12)24-16(20)23/h1-6,8,10H,7,9H2,(H,18,21)(H,19,22). The van der Waals surface area contributed by atoms with Crippen LogP contribution >= 0.6 is 0 Å². The third-order valence-electron chi connectivity index (χ3n) is 3.38. The van der Waals surface area contributed by atoms with Crippen molar-refractivity contribution in [3.8, 4) is 0 Å². The smallest absolute Gasteiger partial charge is 0.408 e. The molecule has 2 aromatic heterocycles. The van der Waals surface area contributed by atoms with Crippen molar-refractivity contribution in [3.05, 3.63) is 64.9 Å². The van der Waals surface area contributed by atoms with E-state index in [2.05, 4.69) is 15.8 Å². The Balaban J connectivity index is 1.57. The van der Waals surface area contributed by atoms with Crippen LogP contribution in [0.2, 0.25) is 0 Å². The van der Waals surface area contributed by atoms with Gasteiger partial charge in [0.1, 0.15) is 0 Å². The number of carbonyl (C=O) groups excluding carboxylic acids is 2. The van der Waals surface area contributed by atoms with Crippen molar-refractivity contribution in [1.29, 1.82) is 0 Å². The molecule has 122 valence electrons. The first-order valence-electron chi connectivity index (χ1n) is 7.23. The zero-order valence-electron chi connectivity index (χ0n) is 12.6. The summed E-state index contributed by atoms with van der Waals surface area (Å²) in [6.45, 7) is 0.143. The van der Waals surface area contributed by atoms with E-state index in [4.69, 9.17) is 4.42 Å². The number of hydrogen-bond donors (Lipinski definition) is 2. The summed E-state index contributed by atoms with van der Waals surface area (Å²) in [5, 5.41) is 0. The first-order valence-corrected chi connectivity index (χ1v) is 7.23. The summed E-state index contributed by atoms with van der Waals surface area (Å²) in [7, 11) is 0. The fourth-order valence-corrected chi connectivity index (χ4v) is 2.20. The molecular formula is C16H14N4O4. The van der Waals surface area contributed by atoms with Crippen LogP contribution in [0, 0.1) is 0 Å². The summed E-state index contributed by atoms with van der Waals surface area (Å²) in [5.41, 5.74) is 6.00. The van der Waals surface area contributed by atoms with Crippen molar-refractivity contribution in [2.75, 3.05) is 0 Å². The normalized spacial score (nSPS) is 10.5. The number of amides is 2. The van der Waals surface area contributed by atoms with E-state index in [0.717, 1.165) is 0 Å². The van der Waals surface area contributed by atoms with Crippen molar-refractivity contribution in [3.63, 3.8) is 0 Å². The number of aromatic nitrogens is 2. The van der Waals surface area contributed by atoms with Crippen molar-refractivity contribution in [1.82, 2.24) is 20.4 Å². The Morgan fingerprint density at radius 2 is 1.96 bits per heavy atom. The molecule has 0 spiro atoms. The molecular weight excluding hydrogens is 312 g/mol. The van der Waals surface area contributed by atoms with E-state index in [1.807, 2.05) is 0 Å². The van der Waals surface area contributed by atoms with Crippen LogP contribution in [0.3, 0.4) is 0 Å². The second kappa shape index (κ2) is 6.78. The van der Waals surface area contributed by atoms with E-state index in [1.54, 1.807) is 42.6 Å². The van der Waals surface area contributed by atoms with E-state index < -0.39 is 17.6 Å². The molecule has 3 rings (SSSR count). The lowest BCUT2D eigenvalue weighted by molar-refractivity contribution is -0.122. The first kappa shape index (κ1) is 15.5. The van der Waals surface area contributed by atoms with E-state index in [0.29, 0.717) is 16.7 Å². The van der Waals surface area contributed by atoms with Gasteiger partial charge in [0.2, 0.25) is 5.91 Å². The number of aryl methyl sites for hydroxylation is 1. The Hall–Kier alpha value is -3.42. The number of rotatable bonds is 4. The molecule has 1 aromatic carbocycles. The topological polar surface area (TPSA) is 106 Å². The van der Waals surface area contributed by atoms with Crippen molar-refractivity contribution < 1.29 is 14.0 Å². The molecule has 0 fully saturated rings. The molecule has 0 atom stereocenters. The molecule has 24 heavy (non-hydrogen) atoms.